The quantitative estimate of drug-likeness (QED) is 0.138. The Bertz CT molecular complexity index is 1580. The van der Waals surface area contributed by atoms with Crippen LogP contribution in [0.3, 0.4) is 0 Å². The molecule has 4 heteroatoms. The fourth-order valence-corrected chi connectivity index (χ4v) is 7.92. The lowest BCUT2D eigenvalue weighted by atomic mass is 10.0. The first kappa shape index (κ1) is 26.9. The summed E-state index contributed by atoms with van der Waals surface area (Å²) in [5.41, 5.74) is 4.96. The molecule has 0 bridgehead atoms. The second-order valence-electron chi connectivity index (χ2n) is 10.4. The van der Waals surface area contributed by atoms with Gasteiger partial charge in [-0.15, -0.1) is 22.7 Å². The molecule has 0 spiro atoms. The molecular formula is C36H36O2S2. The van der Waals surface area contributed by atoms with E-state index in [1.165, 1.54) is 77.5 Å². The van der Waals surface area contributed by atoms with Gasteiger partial charge in [0.1, 0.15) is 11.5 Å². The molecular weight excluding hydrogens is 529 g/mol. The molecule has 6 rings (SSSR count). The number of benzene rings is 4. The number of fused-ring (bicyclic) bond motifs is 5. The van der Waals surface area contributed by atoms with E-state index in [4.69, 9.17) is 9.47 Å². The molecule has 0 aliphatic carbocycles. The summed E-state index contributed by atoms with van der Waals surface area (Å²) in [5, 5.41) is 2.71. The predicted octanol–water partition coefficient (Wildman–Crippen LogP) is 11.7. The van der Waals surface area contributed by atoms with Gasteiger partial charge in [-0.1, -0.05) is 88.1 Å². The number of hydrogen-bond acceptors (Lipinski definition) is 4. The normalized spacial score (nSPS) is 11.6. The number of unbranched alkanes of at least 4 members (excludes halogenated alkanes) is 4. The lowest BCUT2D eigenvalue weighted by molar-refractivity contribution is 0.306. The summed E-state index contributed by atoms with van der Waals surface area (Å²) in [5.74, 6) is 1.91. The molecule has 0 aliphatic heterocycles. The standard InChI is InChI=1S/C36H36O2S2/c1-3-5-7-21-37-29-15-9-25(10-16-29)27-13-19-31-33(23-27)39-36-32-20-14-28(24-34(32)40-35(31)36)26-11-17-30(18-12-26)38-22-8-6-4-2/h9-20,23-24H,3-8,21-22H2,1-2H3. The van der Waals surface area contributed by atoms with E-state index in [2.05, 4.69) is 98.8 Å². The molecule has 2 aromatic heterocycles. The minimum absolute atomic E-state index is 0.793. The Hall–Kier alpha value is -3.34. The highest BCUT2D eigenvalue weighted by molar-refractivity contribution is 7.36. The molecule has 0 aliphatic rings. The highest BCUT2D eigenvalue weighted by Gasteiger charge is 2.14. The number of ether oxygens (including phenoxy) is 2. The minimum Gasteiger partial charge on any atom is -0.494 e. The van der Waals surface area contributed by atoms with Gasteiger partial charge in [-0.2, -0.15) is 0 Å². The van der Waals surface area contributed by atoms with Crippen LogP contribution >= 0.6 is 22.7 Å². The van der Waals surface area contributed by atoms with Gasteiger partial charge in [0, 0.05) is 20.2 Å². The van der Waals surface area contributed by atoms with E-state index in [9.17, 15) is 0 Å². The molecule has 2 nitrogen and oxygen atoms in total. The molecule has 204 valence electrons. The smallest absolute Gasteiger partial charge is 0.119 e. The van der Waals surface area contributed by atoms with Crippen molar-refractivity contribution < 1.29 is 9.47 Å². The van der Waals surface area contributed by atoms with Crippen LogP contribution in [0.5, 0.6) is 11.5 Å². The molecule has 0 N–H and O–H groups in total. The summed E-state index contributed by atoms with van der Waals surface area (Å²) in [6, 6.07) is 30.9. The van der Waals surface area contributed by atoms with Gasteiger partial charge >= 0.3 is 0 Å². The predicted molar refractivity (Wildman–Crippen MR) is 176 cm³/mol. The van der Waals surface area contributed by atoms with E-state index in [-0.39, 0.29) is 0 Å². The van der Waals surface area contributed by atoms with Crippen molar-refractivity contribution in [3.63, 3.8) is 0 Å². The van der Waals surface area contributed by atoms with Gasteiger partial charge in [-0.25, -0.2) is 0 Å². The van der Waals surface area contributed by atoms with E-state index < -0.39 is 0 Å². The first-order valence-electron chi connectivity index (χ1n) is 14.6. The molecule has 6 aromatic rings. The van der Waals surface area contributed by atoms with Crippen LogP contribution in [0.25, 0.3) is 51.8 Å². The van der Waals surface area contributed by atoms with Crippen LogP contribution in [0, 0.1) is 0 Å². The van der Waals surface area contributed by atoms with Crippen LogP contribution in [0.1, 0.15) is 52.4 Å². The lowest BCUT2D eigenvalue weighted by Crippen LogP contribution is -1.96. The van der Waals surface area contributed by atoms with Crippen molar-refractivity contribution in [1.82, 2.24) is 0 Å². The van der Waals surface area contributed by atoms with Gasteiger partial charge in [0.05, 0.1) is 22.6 Å². The van der Waals surface area contributed by atoms with Crippen molar-refractivity contribution in [2.75, 3.05) is 13.2 Å². The van der Waals surface area contributed by atoms with Crippen molar-refractivity contribution >= 4 is 52.2 Å². The second-order valence-corrected chi connectivity index (χ2v) is 12.5. The maximum Gasteiger partial charge on any atom is 0.119 e. The summed E-state index contributed by atoms with van der Waals surface area (Å²) in [4.78, 5) is 0. The average Bonchev–Trinajstić information content (AvgIpc) is 3.53. The fraction of sp³-hybridized carbons (Fsp3) is 0.278. The summed E-state index contributed by atoms with van der Waals surface area (Å²) in [6.07, 6.45) is 7.09. The largest absolute Gasteiger partial charge is 0.494 e. The third kappa shape index (κ3) is 5.75. The zero-order valence-electron chi connectivity index (χ0n) is 23.4. The van der Waals surface area contributed by atoms with E-state index in [1.807, 2.05) is 22.7 Å². The van der Waals surface area contributed by atoms with Crippen molar-refractivity contribution in [3.8, 4) is 33.8 Å². The second kappa shape index (κ2) is 12.4. The number of thiophene rings is 2. The first-order chi connectivity index (χ1) is 19.7. The van der Waals surface area contributed by atoms with Crippen LogP contribution in [-0.2, 0) is 0 Å². The van der Waals surface area contributed by atoms with Gasteiger partial charge in [-0.05, 0) is 71.5 Å². The first-order valence-corrected chi connectivity index (χ1v) is 16.2. The maximum atomic E-state index is 5.90. The monoisotopic (exact) mass is 564 g/mol. The number of hydrogen-bond donors (Lipinski definition) is 0. The molecule has 0 unspecified atom stereocenters. The maximum absolute atomic E-state index is 5.90. The van der Waals surface area contributed by atoms with Crippen LogP contribution in [0.2, 0.25) is 0 Å². The van der Waals surface area contributed by atoms with Crippen molar-refractivity contribution in [2.24, 2.45) is 0 Å². The van der Waals surface area contributed by atoms with E-state index in [1.54, 1.807) is 0 Å². The molecule has 0 saturated carbocycles. The van der Waals surface area contributed by atoms with Crippen molar-refractivity contribution in [1.29, 1.82) is 0 Å². The molecule has 2 heterocycles. The summed E-state index contributed by atoms with van der Waals surface area (Å²) in [7, 11) is 0. The van der Waals surface area contributed by atoms with Crippen LogP contribution < -0.4 is 9.47 Å². The van der Waals surface area contributed by atoms with Gasteiger partial charge in [0.25, 0.3) is 0 Å². The van der Waals surface area contributed by atoms with Crippen LogP contribution in [0.4, 0.5) is 0 Å². The molecule has 0 atom stereocenters. The molecule has 0 amide bonds. The highest BCUT2D eigenvalue weighted by atomic mass is 32.1. The van der Waals surface area contributed by atoms with E-state index >= 15 is 0 Å². The molecule has 0 radical (unpaired) electrons. The average molecular weight is 565 g/mol. The summed E-state index contributed by atoms with van der Waals surface area (Å²) >= 11 is 3.82. The van der Waals surface area contributed by atoms with Gasteiger partial charge in [0.2, 0.25) is 0 Å². The zero-order chi connectivity index (χ0) is 27.3. The number of rotatable bonds is 12. The third-order valence-corrected chi connectivity index (χ3v) is 9.99. The lowest BCUT2D eigenvalue weighted by Gasteiger charge is -2.07. The Morgan fingerprint density at radius 3 is 1.27 bits per heavy atom. The molecule has 40 heavy (non-hydrogen) atoms. The van der Waals surface area contributed by atoms with Crippen LogP contribution in [0.15, 0.2) is 84.9 Å². The molecule has 4 aromatic carbocycles. The summed E-state index contributed by atoms with van der Waals surface area (Å²) in [6.45, 7) is 6.02. The SMILES string of the molecule is CCCCCOc1ccc(-c2ccc3c(c2)sc2c4ccc(-c5ccc(OCCCCC)cc5)cc4sc32)cc1. The van der Waals surface area contributed by atoms with E-state index in [0.29, 0.717) is 0 Å². The Labute approximate surface area is 245 Å². The molecule has 0 fully saturated rings. The molecule has 0 saturated heterocycles. The summed E-state index contributed by atoms with van der Waals surface area (Å²) < 4.78 is 17.3. The topological polar surface area (TPSA) is 18.5 Å². The third-order valence-electron chi connectivity index (χ3n) is 7.49. The Morgan fingerprint density at radius 1 is 0.475 bits per heavy atom. The zero-order valence-corrected chi connectivity index (χ0v) is 25.0. The van der Waals surface area contributed by atoms with Crippen molar-refractivity contribution in [2.45, 2.75) is 52.4 Å². The fourth-order valence-electron chi connectivity index (χ4n) is 5.19. The van der Waals surface area contributed by atoms with Crippen LogP contribution in [-0.4, -0.2) is 13.2 Å². The van der Waals surface area contributed by atoms with Gasteiger partial charge < -0.3 is 9.47 Å². The Balaban J connectivity index is 1.21. The Morgan fingerprint density at radius 2 is 0.875 bits per heavy atom. The van der Waals surface area contributed by atoms with E-state index in [0.717, 1.165) is 37.6 Å². The van der Waals surface area contributed by atoms with Gasteiger partial charge in [0.15, 0.2) is 0 Å². The highest BCUT2D eigenvalue weighted by Crippen LogP contribution is 2.46. The van der Waals surface area contributed by atoms with Gasteiger partial charge in [-0.3, -0.25) is 0 Å². The minimum atomic E-state index is 0.793. The Kier molecular flexibility index (Phi) is 8.36. The van der Waals surface area contributed by atoms with Crippen molar-refractivity contribution in [3.05, 3.63) is 84.9 Å².